The maximum absolute atomic E-state index is 12.0. The van der Waals surface area contributed by atoms with Crippen molar-refractivity contribution < 1.29 is 10.2 Å². The molecule has 6 N–H and O–H groups in total. The average molecular weight is 388 g/mol. The van der Waals surface area contributed by atoms with Crippen LogP contribution in [0.25, 0.3) is 11.2 Å². The molecule has 4 rings (SSSR count). The summed E-state index contributed by atoms with van der Waals surface area (Å²) in [6.07, 6.45) is 2.13. The van der Waals surface area contributed by atoms with E-state index in [9.17, 15) is 19.8 Å². The van der Waals surface area contributed by atoms with Crippen molar-refractivity contribution in [3.63, 3.8) is 0 Å². The van der Waals surface area contributed by atoms with Gasteiger partial charge in [-0.15, -0.1) is 0 Å². The van der Waals surface area contributed by atoms with Crippen LogP contribution < -0.4 is 22.3 Å². The number of aliphatic hydroxyl groups is 2. The van der Waals surface area contributed by atoms with E-state index in [-0.39, 0.29) is 18.9 Å². The maximum atomic E-state index is 12.0. The van der Waals surface area contributed by atoms with Crippen LogP contribution in [0, 0.1) is 6.92 Å². The normalized spacial score (nSPS) is 24.8. The molecule has 148 valence electrons. The van der Waals surface area contributed by atoms with Gasteiger partial charge in [0, 0.05) is 24.8 Å². The number of rotatable bonds is 4. The van der Waals surface area contributed by atoms with Crippen molar-refractivity contribution in [3.8, 4) is 0 Å². The summed E-state index contributed by atoms with van der Waals surface area (Å²) in [6, 6.07) is -1.09. The Labute approximate surface area is 157 Å². The van der Waals surface area contributed by atoms with Crippen LogP contribution in [0.3, 0.4) is 0 Å². The Morgan fingerprint density at radius 3 is 2.50 bits per heavy atom. The molecule has 0 saturated carbocycles. The number of aromatic nitrogens is 6. The SMILES string of the molecule is Cc1cn(C[C@@H]2N[C@@H](Cn3cnc4c(N)ncnc43)[C@@H](O)[C@@H]2O)c(=O)[nH]c1=O. The van der Waals surface area contributed by atoms with Gasteiger partial charge in [-0.25, -0.2) is 19.7 Å². The fourth-order valence-electron chi connectivity index (χ4n) is 3.48. The maximum Gasteiger partial charge on any atom is 0.328 e. The highest BCUT2D eigenvalue weighted by atomic mass is 16.3. The van der Waals surface area contributed by atoms with Gasteiger partial charge >= 0.3 is 5.69 Å². The van der Waals surface area contributed by atoms with Gasteiger partial charge in [0.25, 0.3) is 5.56 Å². The molecule has 0 aliphatic carbocycles. The van der Waals surface area contributed by atoms with E-state index in [2.05, 4.69) is 25.3 Å². The number of hydrogen-bond acceptors (Lipinski definition) is 9. The van der Waals surface area contributed by atoms with Crippen LogP contribution in [0.4, 0.5) is 5.82 Å². The van der Waals surface area contributed by atoms with Crippen molar-refractivity contribution in [2.24, 2.45) is 0 Å². The number of aromatic amines is 1. The summed E-state index contributed by atoms with van der Waals surface area (Å²) in [7, 11) is 0. The van der Waals surface area contributed by atoms with Crippen molar-refractivity contribution >= 4 is 17.0 Å². The molecule has 3 aromatic heterocycles. The number of anilines is 1. The van der Waals surface area contributed by atoms with E-state index in [0.717, 1.165) is 0 Å². The van der Waals surface area contributed by atoms with Gasteiger partial charge in [-0.2, -0.15) is 0 Å². The van der Waals surface area contributed by atoms with Crippen LogP contribution in [-0.2, 0) is 13.1 Å². The second kappa shape index (κ2) is 6.82. The van der Waals surface area contributed by atoms with E-state index in [1.54, 1.807) is 17.8 Å². The highest BCUT2D eigenvalue weighted by Gasteiger charge is 2.41. The van der Waals surface area contributed by atoms with Crippen LogP contribution in [0.2, 0.25) is 0 Å². The van der Waals surface area contributed by atoms with Gasteiger partial charge in [0.05, 0.1) is 30.6 Å². The number of nitrogens with one attached hydrogen (secondary N) is 2. The second-order valence-electron chi connectivity index (χ2n) is 6.91. The molecule has 1 aliphatic rings. The smallest absolute Gasteiger partial charge is 0.328 e. The molecule has 0 aromatic carbocycles. The fourth-order valence-corrected chi connectivity index (χ4v) is 3.48. The molecule has 4 heterocycles. The van der Waals surface area contributed by atoms with E-state index in [0.29, 0.717) is 16.7 Å². The van der Waals surface area contributed by atoms with E-state index in [1.807, 2.05) is 0 Å². The van der Waals surface area contributed by atoms with Crippen molar-refractivity contribution in [2.75, 3.05) is 5.73 Å². The van der Waals surface area contributed by atoms with Crippen LogP contribution >= 0.6 is 0 Å². The first-order valence-electron chi connectivity index (χ1n) is 8.69. The fraction of sp³-hybridized carbons (Fsp3) is 0.438. The summed E-state index contributed by atoms with van der Waals surface area (Å²) >= 11 is 0. The molecule has 4 atom stereocenters. The van der Waals surface area contributed by atoms with Gasteiger partial charge in [0.2, 0.25) is 0 Å². The second-order valence-corrected chi connectivity index (χ2v) is 6.91. The van der Waals surface area contributed by atoms with Gasteiger partial charge in [0.15, 0.2) is 11.5 Å². The zero-order chi connectivity index (χ0) is 20.0. The third-order valence-electron chi connectivity index (χ3n) is 5.01. The Morgan fingerprint density at radius 2 is 1.79 bits per heavy atom. The minimum atomic E-state index is -1.10. The Morgan fingerprint density at radius 1 is 1.11 bits per heavy atom. The van der Waals surface area contributed by atoms with E-state index < -0.39 is 35.5 Å². The number of nitrogens with zero attached hydrogens (tertiary/aromatic N) is 5. The average Bonchev–Trinajstić information content (AvgIpc) is 3.18. The monoisotopic (exact) mass is 388 g/mol. The molecule has 3 aromatic rings. The Balaban J connectivity index is 1.54. The number of aliphatic hydroxyl groups excluding tert-OH is 2. The lowest BCUT2D eigenvalue weighted by molar-refractivity contribution is 0.0238. The van der Waals surface area contributed by atoms with Gasteiger partial charge in [-0.1, -0.05) is 0 Å². The predicted molar refractivity (Wildman–Crippen MR) is 98.5 cm³/mol. The minimum Gasteiger partial charge on any atom is -0.389 e. The molecule has 0 amide bonds. The van der Waals surface area contributed by atoms with Crippen molar-refractivity contribution in [2.45, 2.75) is 44.3 Å². The highest BCUT2D eigenvalue weighted by molar-refractivity contribution is 5.81. The summed E-state index contributed by atoms with van der Waals surface area (Å²) in [5.41, 5.74) is 6.12. The molecule has 1 fully saturated rings. The molecular weight excluding hydrogens is 368 g/mol. The molecule has 12 nitrogen and oxygen atoms in total. The zero-order valence-corrected chi connectivity index (χ0v) is 15.0. The number of nitrogen functional groups attached to an aromatic ring is 1. The van der Waals surface area contributed by atoms with E-state index in [4.69, 9.17) is 5.73 Å². The summed E-state index contributed by atoms with van der Waals surface area (Å²) in [5, 5.41) is 24.0. The summed E-state index contributed by atoms with van der Waals surface area (Å²) in [5.74, 6) is 0.259. The standard InChI is InChI=1S/C16H20N8O4/c1-7-2-23(16(28)22-15(7)27)3-8-11(25)12(26)9(21-8)4-24-6-20-10-13(17)18-5-19-14(10)24/h2,5-6,8-9,11-12,21,25-26H,3-4H2,1H3,(H2,17,18,19)(H,22,27,28)/t8-,9-,11+,12+/m0/s1. The van der Waals surface area contributed by atoms with Crippen molar-refractivity contribution in [1.29, 1.82) is 0 Å². The zero-order valence-electron chi connectivity index (χ0n) is 15.0. The van der Waals surface area contributed by atoms with Gasteiger partial charge in [-0.3, -0.25) is 14.3 Å². The summed E-state index contributed by atoms with van der Waals surface area (Å²) in [6.45, 7) is 1.95. The van der Waals surface area contributed by atoms with E-state index in [1.165, 1.54) is 17.1 Å². The Bertz CT molecular complexity index is 1140. The van der Waals surface area contributed by atoms with Crippen molar-refractivity contribution in [3.05, 3.63) is 45.3 Å². The Kier molecular flexibility index (Phi) is 4.45. The largest absolute Gasteiger partial charge is 0.389 e. The molecular formula is C16H20N8O4. The minimum absolute atomic E-state index is 0.0883. The first kappa shape index (κ1) is 18.3. The number of H-pyrrole nitrogens is 1. The third-order valence-corrected chi connectivity index (χ3v) is 5.01. The molecule has 0 unspecified atom stereocenters. The molecule has 12 heteroatoms. The molecule has 0 radical (unpaired) electrons. The predicted octanol–water partition coefficient (Wildman–Crippen LogP) is -2.67. The number of hydrogen-bond donors (Lipinski definition) is 5. The van der Waals surface area contributed by atoms with Crippen LogP contribution in [0.15, 0.2) is 28.4 Å². The van der Waals surface area contributed by atoms with Gasteiger partial charge in [0.1, 0.15) is 11.8 Å². The lowest BCUT2D eigenvalue weighted by atomic mass is 10.1. The first-order valence-corrected chi connectivity index (χ1v) is 8.69. The molecule has 28 heavy (non-hydrogen) atoms. The van der Waals surface area contributed by atoms with Crippen LogP contribution in [-0.4, -0.2) is 63.6 Å². The van der Waals surface area contributed by atoms with Gasteiger partial charge in [-0.05, 0) is 6.92 Å². The number of fused-ring (bicyclic) bond motifs is 1. The number of nitrogens with two attached hydrogens (primary N) is 1. The van der Waals surface area contributed by atoms with E-state index >= 15 is 0 Å². The molecule has 0 spiro atoms. The number of aryl methyl sites for hydroxylation is 1. The lowest BCUT2D eigenvalue weighted by Crippen LogP contribution is -2.42. The first-order chi connectivity index (χ1) is 13.3. The highest BCUT2D eigenvalue weighted by Crippen LogP contribution is 2.20. The third kappa shape index (κ3) is 3.06. The quantitative estimate of drug-likeness (QED) is 0.319. The molecule has 1 saturated heterocycles. The van der Waals surface area contributed by atoms with Crippen LogP contribution in [0.5, 0.6) is 0 Å². The Hall–Kier alpha value is -3.09. The molecule has 1 aliphatic heterocycles. The summed E-state index contributed by atoms with van der Waals surface area (Å²) in [4.78, 5) is 37.9. The molecule has 0 bridgehead atoms. The van der Waals surface area contributed by atoms with Gasteiger partial charge < -0.3 is 25.8 Å². The van der Waals surface area contributed by atoms with Crippen molar-refractivity contribution in [1.82, 2.24) is 34.4 Å². The lowest BCUT2D eigenvalue weighted by Gasteiger charge is -2.17. The number of imidazole rings is 1. The topological polar surface area (TPSA) is 177 Å². The van der Waals surface area contributed by atoms with Crippen LogP contribution in [0.1, 0.15) is 5.56 Å². The summed E-state index contributed by atoms with van der Waals surface area (Å²) < 4.78 is 3.01.